The molecule has 0 unspecified atom stereocenters. The Labute approximate surface area is 161 Å². The van der Waals surface area contributed by atoms with Gasteiger partial charge in [0.25, 0.3) is 11.8 Å². The normalized spacial score (nSPS) is 14.8. The third-order valence-electron chi connectivity index (χ3n) is 3.97. The summed E-state index contributed by atoms with van der Waals surface area (Å²) in [6.07, 6.45) is 1.53. The van der Waals surface area contributed by atoms with Crippen molar-refractivity contribution >= 4 is 35.3 Å². The summed E-state index contributed by atoms with van der Waals surface area (Å²) >= 11 is 1.25. The van der Waals surface area contributed by atoms with E-state index in [1.165, 1.54) is 23.9 Å². The fourth-order valence-electron chi connectivity index (χ4n) is 2.53. The number of hydrogen-bond donors (Lipinski definition) is 2. The van der Waals surface area contributed by atoms with E-state index in [0.717, 1.165) is 11.4 Å². The summed E-state index contributed by atoms with van der Waals surface area (Å²) in [7, 11) is 3.87. The second-order valence-electron chi connectivity index (χ2n) is 6.36. The quantitative estimate of drug-likeness (QED) is 0.776. The van der Waals surface area contributed by atoms with Gasteiger partial charge in [-0.05, 0) is 44.4 Å². The topological polar surface area (TPSA) is 61.4 Å². The van der Waals surface area contributed by atoms with Crippen LogP contribution in [0.2, 0.25) is 0 Å². The molecule has 2 aromatic rings. The molecule has 0 aromatic heterocycles. The van der Waals surface area contributed by atoms with Crippen molar-refractivity contribution in [3.05, 3.63) is 64.3 Å². The highest BCUT2D eigenvalue weighted by atomic mass is 32.2. The van der Waals surface area contributed by atoms with Gasteiger partial charge >= 0.3 is 0 Å². The van der Waals surface area contributed by atoms with Gasteiger partial charge in [-0.3, -0.25) is 9.59 Å². The molecule has 0 radical (unpaired) electrons. The zero-order chi connectivity index (χ0) is 19.4. The second kappa shape index (κ2) is 8.37. The van der Waals surface area contributed by atoms with Crippen LogP contribution in [0.4, 0.5) is 10.1 Å². The van der Waals surface area contributed by atoms with Crippen LogP contribution in [0.5, 0.6) is 0 Å². The van der Waals surface area contributed by atoms with Crippen LogP contribution in [0.1, 0.15) is 15.9 Å². The number of anilines is 1. The maximum Gasteiger partial charge on any atom is 0.262 e. The Morgan fingerprint density at radius 3 is 2.78 bits per heavy atom. The maximum absolute atomic E-state index is 13.8. The van der Waals surface area contributed by atoms with E-state index in [4.69, 9.17) is 0 Å². The number of amides is 2. The molecule has 0 aliphatic carbocycles. The van der Waals surface area contributed by atoms with Crippen LogP contribution < -0.4 is 10.6 Å². The number of hydrogen-bond acceptors (Lipinski definition) is 4. The predicted octanol–water partition coefficient (Wildman–Crippen LogP) is 3.20. The number of carbonyl (C=O) groups excluding carboxylic acids is 2. The third kappa shape index (κ3) is 4.75. The number of thioether (sulfide) groups is 1. The molecule has 2 aromatic carbocycles. The monoisotopic (exact) mass is 385 g/mol. The van der Waals surface area contributed by atoms with E-state index in [1.54, 1.807) is 36.4 Å². The van der Waals surface area contributed by atoms with Crippen LogP contribution in [0.3, 0.4) is 0 Å². The van der Waals surface area contributed by atoms with Crippen molar-refractivity contribution in [2.75, 3.05) is 32.5 Å². The van der Waals surface area contributed by atoms with Crippen LogP contribution in [-0.4, -0.2) is 43.9 Å². The van der Waals surface area contributed by atoms with Crippen molar-refractivity contribution in [1.29, 1.82) is 0 Å². The minimum atomic E-state index is -0.381. The number of carbonyl (C=O) groups is 2. The van der Waals surface area contributed by atoms with Crippen LogP contribution in [0.25, 0.3) is 6.08 Å². The summed E-state index contributed by atoms with van der Waals surface area (Å²) in [5.74, 6) is -0.888. The standard InChI is InChI=1S/C20H20FN3O2S/c1-24(2)10-9-22-19(25)14-7-8-17-16(11-14)23-20(26)18(27-17)12-13-5-3-4-6-15(13)21/h3-8,11-12H,9-10H2,1-2H3,(H,22,25)(H,23,26)/b18-12+. The van der Waals surface area contributed by atoms with Crippen molar-refractivity contribution in [3.63, 3.8) is 0 Å². The van der Waals surface area contributed by atoms with Crippen molar-refractivity contribution in [3.8, 4) is 0 Å². The number of fused-ring (bicyclic) bond motifs is 1. The molecule has 2 N–H and O–H groups in total. The van der Waals surface area contributed by atoms with E-state index < -0.39 is 0 Å². The van der Waals surface area contributed by atoms with E-state index in [-0.39, 0.29) is 17.6 Å². The predicted molar refractivity (Wildman–Crippen MR) is 106 cm³/mol. The Hall–Kier alpha value is -2.64. The fourth-order valence-corrected chi connectivity index (χ4v) is 3.45. The van der Waals surface area contributed by atoms with E-state index in [0.29, 0.717) is 28.3 Å². The summed E-state index contributed by atoms with van der Waals surface area (Å²) in [6.45, 7) is 1.28. The maximum atomic E-state index is 13.8. The first-order valence-corrected chi connectivity index (χ1v) is 9.28. The molecule has 140 valence electrons. The minimum Gasteiger partial charge on any atom is -0.351 e. The molecule has 7 heteroatoms. The first-order valence-electron chi connectivity index (χ1n) is 8.46. The molecule has 2 amide bonds. The van der Waals surface area contributed by atoms with Gasteiger partial charge in [-0.25, -0.2) is 4.39 Å². The largest absolute Gasteiger partial charge is 0.351 e. The number of likely N-dealkylation sites (N-methyl/N-ethyl adjacent to an activating group) is 1. The Morgan fingerprint density at radius 2 is 2.04 bits per heavy atom. The van der Waals surface area contributed by atoms with Gasteiger partial charge in [0.2, 0.25) is 0 Å². The lowest BCUT2D eigenvalue weighted by molar-refractivity contribution is -0.112. The zero-order valence-electron chi connectivity index (χ0n) is 15.1. The molecule has 0 spiro atoms. The molecule has 0 saturated heterocycles. The molecule has 0 saturated carbocycles. The molecule has 0 atom stereocenters. The molecule has 5 nitrogen and oxygen atoms in total. The molecule has 1 aliphatic rings. The molecule has 0 bridgehead atoms. The van der Waals surface area contributed by atoms with Gasteiger partial charge in [0.15, 0.2) is 0 Å². The Kier molecular flexibility index (Phi) is 5.93. The van der Waals surface area contributed by atoms with Crippen LogP contribution in [-0.2, 0) is 4.79 Å². The third-order valence-corrected chi connectivity index (χ3v) is 5.07. The number of benzene rings is 2. The first kappa shape index (κ1) is 19.1. The Bertz CT molecular complexity index is 912. The van der Waals surface area contributed by atoms with Crippen LogP contribution in [0.15, 0.2) is 52.3 Å². The number of rotatable bonds is 5. The lowest BCUT2D eigenvalue weighted by atomic mass is 10.1. The van der Waals surface area contributed by atoms with E-state index >= 15 is 0 Å². The molecular formula is C20H20FN3O2S. The number of nitrogens with zero attached hydrogens (tertiary/aromatic N) is 1. The highest BCUT2D eigenvalue weighted by Crippen LogP contribution is 2.39. The fraction of sp³-hybridized carbons (Fsp3) is 0.200. The Morgan fingerprint density at radius 1 is 1.26 bits per heavy atom. The van der Waals surface area contributed by atoms with E-state index in [2.05, 4.69) is 10.6 Å². The molecule has 3 rings (SSSR count). The van der Waals surface area contributed by atoms with Gasteiger partial charge in [-0.15, -0.1) is 0 Å². The summed E-state index contributed by atoms with van der Waals surface area (Å²) in [6, 6.07) is 11.5. The number of halogens is 1. The van der Waals surface area contributed by atoms with Gasteiger partial charge in [0.05, 0.1) is 10.6 Å². The summed E-state index contributed by atoms with van der Waals surface area (Å²) in [4.78, 5) is 27.8. The Balaban J connectivity index is 1.76. The lowest BCUT2D eigenvalue weighted by Crippen LogP contribution is -2.31. The highest BCUT2D eigenvalue weighted by molar-refractivity contribution is 8.04. The van der Waals surface area contributed by atoms with Gasteiger partial charge < -0.3 is 15.5 Å². The molecule has 0 fully saturated rings. The molecular weight excluding hydrogens is 365 g/mol. The second-order valence-corrected chi connectivity index (χ2v) is 7.44. The number of nitrogens with one attached hydrogen (secondary N) is 2. The van der Waals surface area contributed by atoms with Crippen LogP contribution in [0, 0.1) is 5.82 Å². The minimum absolute atomic E-state index is 0.188. The van der Waals surface area contributed by atoms with Crippen molar-refractivity contribution in [2.45, 2.75) is 4.90 Å². The van der Waals surface area contributed by atoms with Crippen LogP contribution >= 0.6 is 11.8 Å². The van der Waals surface area contributed by atoms with Gasteiger partial charge in [-0.2, -0.15) is 0 Å². The smallest absolute Gasteiger partial charge is 0.262 e. The SMILES string of the molecule is CN(C)CCNC(=O)c1ccc2c(c1)NC(=O)/C(=C\c1ccccc1F)S2. The molecule has 1 aliphatic heterocycles. The lowest BCUT2D eigenvalue weighted by Gasteiger charge is -2.19. The average Bonchev–Trinajstić information content (AvgIpc) is 2.63. The van der Waals surface area contributed by atoms with Crippen molar-refractivity contribution in [2.24, 2.45) is 0 Å². The van der Waals surface area contributed by atoms with Crippen molar-refractivity contribution < 1.29 is 14.0 Å². The molecule has 1 heterocycles. The van der Waals surface area contributed by atoms with E-state index in [9.17, 15) is 14.0 Å². The van der Waals surface area contributed by atoms with Crippen molar-refractivity contribution in [1.82, 2.24) is 10.2 Å². The average molecular weight is 385 g/mol. The van der Waals surface area contributed by atoms with Gasteiger partial charge in [0, 0.05) is 29.1 Å². The van der Waals surface area contributed by atoms with Gasteiger partial charge in [0.1, 0.15) is 5.82 Å². The molecule has 27 heavy (non-hydrogen) atoms. The van der Waals surface area contributed by atoms with E-state index in [1.807, 2.05) is 19.0 Å². The van der Waals surface area contributed by atoms with Gasteiger partial charge in [-0.1, -0.05) is 30.0 Å². The summed E-state index contributed by atoms with van der Waals surface area (Å²) in [5, 5.41) is 5.62. The first-order chi connectivity index (χ1) is 12.9. The summed E-state index contributed by atoms with van der Waals surface area (Å²) in [5.41, 5.74) is 1.42. The highest BCUT2D eigenvalue weighted by Gasteiger charge is 2.22. The summed E-state index contributed by atoms with van der Waals surface area (Å²) < 4.78 is 13.8. The zero-order valence-corrected chi connectivity index (χ0v) is 15.9.